The fourth-order valence-electron chi connectivity index (χ4n) is 3.41. The van der Waals surface area contributed by atoms with Crippen molar-refractivity contribution in [3.8, 4) is 0 Å². The number of hydrogen-bond donors (Lipinski definition) is 0. The van der Waals surface area contributed by atoms with Crippen molar-refractivity contribution in [1.29, 1.82) is 0 Å². The van der Waals surface area contributed by atoms with Gasteiger partial charge in [0, 0.05) is 5.56 Å². The summed E-state index contributed by atoms with van der Waals surface area (Å²) in [6.07, 6.45) is -5.10. The molecule has 3 nitrogen and oxygen atoms in total. The van der Waals surface area contributed by atoms with E-state index in [1.807, 2.05) is 0 Å². The van der Waals surface area contributed by atoms with Crippen molar-refractivity contribution in [1.82, 2.24) is 0 Å². The van der Waals surface area contributed by atoms with Crippen LogP contribution in [0.25, 0.3) is 0 Å². The Bertz CT molecular complexity index is 882. The maximum atomic E-state index is 15.9. The average molecular weight is 364 g/mol. The lowest BCUT2D eigenvalue weighted by Crippen LogP contribution is -2.46. The highest BCUT2D eigenvalue weighted by atomic mass is 19.4. The monoisotopic (exact) mass is 364 g/mol. The zero-order chi connectivity index (χ0) is 19.3. The second-order valence-electron chi connectivity index (χ2n) is 6.33. The Balaban J connectivity index is 2.26. The largest absolute Gasteiger partial charge is 0.435 e. The molecule has 1 unspecified atom stereocenters. The van der Waals surface area contributed by atoms with Gasteiger partial charge >= 0.3 is 6.18 Å². The van der Waals surface area contributed by atoms with Crippen LogP contribution < -0.4 is 5.01 Å². The minimum Gasteiger partial charge on any atom is -0.268 e. The SMILES string of the molecule is Cc1cc(C)c(C2(F)C(=O)N(c3ccccc3)N=C2C(F)(F)F)c(C)c1. The van der Waals surface area contributed by atoms with Crippen molar-refractivity contribution in [3.63, 3.8) is 0 Å². The number of amides is 1. The zero-order valence-electron chi connectivity index (χ0n) is 14.4. The molecule has 1 aliphatic heterocycles. The number of halogens is 4. The third kappa shape index (κ3) is 2.67. The summed E-state index contributed by atoms with van der Waals surface area (Å²) in [4.78, 5) is 12.8. The molecule has 0 aromatic heterocycles. The van der Waals surface area contributed by atoms with Crippen molar-refractivity contribution < 1.29 is 22.4 Å². The Hall–Kier alpha value is -2.70. The molecule has 0 bridgehead atoms. The van der Waals surface area contributed by atoms with E-state index in [9.17, 15) is 18.0 Å². The molecule has 0 fully saturated rings. The zero-order valence-corrected chi connectivity index (χ0v) is 14.4. The van der Waals surface area contributed by atoms with E-state index >= 15 is 4.39 Å². The maximum absolute atomic E-state index is 15.9. The van der Waals surface area contributed by atoms with Crippen LogP contribution in [-0.4, -0.2) is 17.8 Å². The van der Waals surface area contributed by atoms with E-state index < -0.39 is 23.5 Å². The Morgan fingerprint density at radius 2 is 1.54 bits per heavy atom. The smallest absolute Gasteiger partial charge is 0.268 e. The Labute approximate surface area is 147 Å². The predicted octanol–water partition coefficient (Wildman–Crippen LogP) is 4.74. The first kappa shape index (κ1) is 18.1. The standard InChI is InChI=1S/C19H16F4N2O/c1-11-9-12(2)15(13(3)10-11)18(20)16(19(21,22)23)24-25(17(18)26)14-7-5-4-6-8-14/h4-10H,1-3H3. The van der Waals surface area contributed by atoms with Crippen LogP contribution in [0.4, 0.5) is 23.2 Å². The van der Waals surface area contributed by atoms with Gasteiger partial charge in [0.1, 0.15) is 0 Å². The Kier molecular flexibility index (Phi) is 4.13. The molecule has 0 spiro atoms. The number of aryl methyl sites for hydroxylation is 3. The van der Waals surface area contributed by atoms with Crippen LogP contribution in [-0.2, 0) is 10.5 Å². The Morgan fingerprint density at radius 3 is 2.04 bits per heavy atom. The number of anilines is 1. The summed E-state index contributed by atoms with van der Waals surface area (Å²) in [5.41, 5.74) is -4.08. The van der Waals surface area contributed by atoms with E-state index in [4.69, 9.17) is 0 Å². The first-order chi connectivity index (χ1) is 12.1. The molecule has 3 rings (SSSR count). The van der Waals surface area contributed by atoms with Crippen molar-refractivity contribution in [2.45, 2.75) is 32.6 Å². The van der Waals surface area contributed by atoms with Gasteiger partial charge in [-0.15, -0.1) is 0 Å². The summed E-state index contributed by atoms with van der Waals surface area (Å²) in [6.45, 7) is 4.73. The number of para-hydroxylation sites is 1. The molecule has 0 saturated heterocycles. The van der Waals surface area contributed by atoms with E-state index in [2.05, 4.69) is 5.10 Å². The van der Waals surface area contributed by atoms with Gasteiger partial charge < -0.3 is 0 Å². The van der Waals surface area contributed by atoms with Gasteiger partial charge in [-0.2, -0.15) is 23.3 Å². The van der Waals surface area contributed by atoms with E-state index in [1.54, 1.807) is 25.1 Å². The minimum absolute atomic E-state index is 0.0705. The van der Waals surface area contributed by atoms with Gasteiger partial charge in [-0.3, -0.25) is 4.79 Å². The summed E-state index contributed by atoms with van der Waals surface area (Å²) in [5, 5.41) is 3.83. The molecule has 1 atom stereocenters. The van der Waals surface area contributed by atoms with E-state index in [0.717, 1.165) is 5.56 Å². The normalized spacial score (nSPS) is 20.5. The van der Waals surface area contributed by atoms with E-state index in [-0.39, 0.29) is 22.4 Å². The quantitative estimate of drug-likeness (QED) is 0.709. The van der Waals surface area contributed by atoms with Crippen LogP contribution >= 0.6 is 0 Å². The highest BCUT2D eigenvalue weighted by molar-refractivity contribution is 6.24. The molecule has 1 amide bonds. The fraction of sp³-hybridized carbons (Fsp3) is 0.263. The van der Waals surface area contributed by atoms with Crippen LogP contribution in [0.1, 0.15) is 22.3 Å². The van der Waals surface area contributed by atoms with Gasteiger partial charge in [0.15, 0.2) is 5.71 Å². The minimum atomic E-state index is -5.10. The lowest BCUT2D eigenvalue weighted by atomic mass is 9.83. The topological polar surface area (TPSA) is 32.7 Å². The molecule has 1 heterocycles. The van der Waals surface area contributed by atoms with Crippen molar-refractivity contribution in [2.24, 2.45) is 5.10 Å². The molecule has 0 radical (unpaired) electrons. The highest BCUT2D eigenvalue weighted by Crippen LogP contribution is 2.45. The van der Waals surface area contributed by atoms with E-state index in [1.165, 1.54) is 38.1 Å². The number of carbonyl (C=O) groups is 1. The Morgan fingerprint density at radius 1 is 1.00 bits per heavy atom. The molecule has 0 aliphatic carbocycles. The molecule has 2 aromatic rings. The number of hydrazone groups is 1. The molecule has 136 valence electrons. The summed E-state index contributed by atoms with van der Waals surface area (Å²) >= 11 is 0. The number of nitrogens with zero attached hydrogens (tertiary/aromatic N) is 2. The molecule has 2 aromatic carbocycles. The summed E-state index contributed by atoms with van der Waals surface area (Å²) in [5.74, 6) is -1.37. The first-order valence-corrected chi connectivity index (χ1v) is 7.90. The van der Waals surface area contributed by atoms with Crippen LogP contribution in [0.15, 0.2) is 47.6 Å². The number of alkyl halides is 4. The van der Waals surface area contributed by atoms with Crippen LogP contribution in [0, 0.1) is 20.8 Å². The summed E-state index contributed by atoms with van der Waals surface area (Å²) < 4.78 is 56.7. The second-order valence-corrected chi connectivity index (χ2v) is 6.33. The predicted molar refractivity (Wildman–Crippen MR) is 90.9 cm³/mol. The molecule has 1 aliphatic rings. The molecule has 26 heavy (non-hydrogen) atoms. The van der Waals surface area contributed by atoms with Crippen molar-refractivity contribution in [3.05, 3.63) is 64.7 Å². The fourth-order valence-corrected chi connectivity index (χ4v) is 3.41. The van der Waals surface area contributed by atoms with Crippen LogP contribution in [0.3, 0.4) is 0 Å². The van der Waals surface area contributed by atoms with Gasteiger partial charge in [0.05, 0.1) is 5.69 Å². The third-order valence-electron chi connectivity index (χ3n) is 4.30. The third-order valence-corrected chi connectivity index (χ3v) is 4.30. The molecule has 7 heteroatoms. The number of hydrogen-bond acceptors (Lipinski definition) is 2. The van der Waals surface area contributed by atoms with Crippen LogP contribution in [0.5, 0.6) is 0 Å². The van der Waals surface area contributed by atoms with Crippen molar-refractivity contribution >= 4 is 17.3 Å². The average Bonchev–Trinajstić information content (AvgIpc) is 2.80. The maximum Gasteiger partial charge on any atom is 0.435 e. The lowest BCUT2D eigenvalue weighted by Gasteiger charge is -2.26. The van der Waals surface area contributed by atoms with E-state index in [0.29, 0.717) is 5.01 Å². The number of rotatable bonds is 2. The number of carbonyl (C=O) groups excluding carboxylic acids is 1. The summed E-state index contributed by atoms with van der Waals surface area (Å²) in [6, 6.07) is 10.6. The van der Waals surface area contributed by atoms with Gasteiger partial charge in [-0.1, -0.05) is 35.9 Å². The first-order valence-electron chi connectivity index (χ1n) is 7.90. The van der Waals surface area contributed by atoms with Gasteiger partial charge in [0.2, 0.25) is 0 Å². The number of benzene rings is 2. The molecule has 0 saturated carbocycles. The van der Waals surface area contributed by atoms with Gasteiger partial charge in [-0.05, 0) is 44.0 Å². The lowest BCUT2D eigenvalue weighted by molar-refractivity contribution is -0.127. The van der Waals surface area contributed by atoms with Gasteiger partial charge in [-0.25, -0.2) is 4.39 Å². The molecular formula is C19H16F4N2O. The highest BCUT2D eigenvalue weighted by Gasteiger charge is 2.64. The summed E-state index contributed by atoms with van der Waals surface area (Å²) in [7, 11) is 0. The van der Waals surface area contributed by atoms with Gasteiger partial charge in [0.25, 0.3) is 11.6 Å². The van der Waals surface area contributed by atoms with Crippen LogP contribution in [0.2, 0.25) is 0 Å². The molecular weight excluding hydrogens is 348 g/mol. The second kappa shape index (κ2) is 5.93. The van der Waals surface area contributed by atoms with Crippen molar-refractivity contribution in [2.75, 3.05) is 5.01 Å². The molecule has 0 N–H and O–H groups in total.